The van der Waals surface area contributed by atoms with E-state index >= 15 is 0 Å². The number of hydrogen-bond donors (Lipinski definition) is 6. The summed E-state index contributed by atoms with van der Waals surface area (Å²) in [6.45, 7) is -0.727. The molecule has 0 aliphatic carbocycles. The fourth-order valence-corrected chi connectivity index (χ4v) is 2.23. The van der Waals surface area contributed by atoms with Crippen LogP contribution in [0.2, 0.25) is 0 Å². The molecule has 0 saturated carbocycles. The molecular formula is C14H18O9. The van der Waals surface area contributed by atoms with Gasteiger partial charge < -0.3 is 40.1 Å². The van der Waals surface area contributed by atoms with Crippen molar-refractivity contribution in [2.75, 3.05) is 6.61 Å². The molecule has 1 fully saturated rings. The van der Waals surface area contributed by atoms with Crippen molar-refractivity contribution in [3.05, 3.63) is 29.3 Å². The van der Waals surface area contributed by atoms with Crippen LogP contribution in [0, 0.1) is 0 Å². The number of hydrogen-bond acceptors (Lipinski definition) is 8. The molecule has 9 heteroatoms. The van der Waals surface area contributed by atoms with Crippen LogP contribution in [0.3, 0.4) is 0 Å². The molecule has 2 rings (SSSR count). The third-order valence-corrected chi connectivity index (χ3v) is 3.56. The second-order valence-corrected chi connectivity index (χ2v) is 5.16. The van der Waals surface area contributed by atoms with Gasteiger partial charge in [0.2, 0.25) is 0 Å². The van der Waals surface area contributed by atoms with Gasteiger partial charge in [-0.15, -0.1) is 0 Å². The lowest BCUT2D eigenvalue weighted by Gasteiger charge is -2.39. The minimum absolute atomic E-state index is 0.157. The summed E-state index contributed by atoms with van der Waals surface area (Å²) in [6, 6.07) is 3.80. The molecule has 1 aliphatic rings. The first-order valence-electron chi connectivity index (χ1n) is 6.82. The molecule has 0 radical (unpaired) electrons. The Morgan fingerprint density at radius 1 is 1.17 bits per heavy atom. The van der Waals surface area contributed by atoms with E-state index in [9.17, 15) is 25.2 Å². The number of aliphatic hydroxyl groups excluding tert-OH is 4. The van der Waals surface area contributed by atoms with Crippen LogP contribution in [-0.2, 0) is 16.1 Å². The van der Waals surface area contributed by atoms with Crippen molar-refractivity contribution in [2.24, 2.45) is 0 Å². The summed E-state index contributed by atoms with van der Waals surface area (Å²) in [4.78, 5) is 10.8. The summed E-state index contributed by atoms with van der Waals surface area (Å²) in [7, 11) is 0. The van der Waals surface area contributed by atoms with E-state index in [2.05, 4.69) is 0 Å². The Balaban J connectivity index is 2.02. The average molecular weight is 330 g/mol. The van der Waals surface area contributed by atoms with Gasteiger partial charge in [0, 0.05) is 0 Å². The van der Waals surface area contributed by atoms with Crippen molar-refractivity contribution in [1.82, 2.24) is 0 Å². The van der Waals surface area contributed by atoms with Crippen LogP contribution in [0.4, 0.5) is 0 Å². The van der Waals surface area contributed by atoms with E-state index in [1.165, 1.54) is 18.2 Å². The highest BCUT2D eigenvalue weighted by molar-refractivity contribution is 5.90. The monoisotopic (exact) mass is 330 g/mol. The van der Waals surface area contributed by atoms with Gasteiger partial charge in [-0.05, 0) is 17.7 Å². The molecular weight excluding hydrogens is 312 g/mol. The van der Waals surface area contributed by atoms with E-state index in [-0.39, 0.29) is 12.2 Å². The average Bonchev–Trinajstić information content (AvgIpc) is 2.51. The van der Waals surface area contributed by atoms with Gasteiger partial charge in [0.1, 0.15) is 35.7 Å². The maximum Gasteiger partial charge on any atom is 0.339 e. The zero-order chi connectivity index (χ0) is 17.1. The Morgan fingerprint density at radius 2 is 1.87 bits per heavy atom. The number of carbonyl (C=O) groups is 1. The van der Waals surface area contributed by atoms with Crippen LogP contribution in [-0.4, -0.2) is 73.9 Å². The van der Waals surface area contributed by atoms with E-state index in [1.807, 2.05) is 0 Å². The van der Waals surface area contributed by atoms with E-state index in [4.69, 9.17) is 19.7 Å². The third kappa shape index (κ3) is 3.78. The van der Waals surface area contributed by atoms with Gasteiger partial charge in [-0.2, -0.15) is 0 Å². The lowest BCUT2D eigenvalue weighted by atomic mass is 9.99. The summed E-state index contributed by atoms with van der Waals surface area (Å²) >= 11 is 0. The first-order valence-corrected chi connectivity index (χ1v) is 6.82. The number of aliphatic hydroxyl groups is 4. The molecule has 1 aliphatic heterocycles. The van der Waals surface area contributed by atoms with Crippen LogP contribution >= 0.6 is 0 Å². The quantitative estimate of drug-likeness (QED) is 0.374. The van der Waals surface area contributed by atoms with Crippen molar-refractivity contribution in [1.29, 1.82) is 0 Å². The number of benzene rings is 1. The van der Waals surface area contributed by atoms with Crippen molar-refractivity contribution in [2.45, 2.75) is 37.3 Å². The molecule has 6 N–H and O–H groups in total. The Labute approximate surface area is 130 Å². The first kappa shape index (κ1) is 17.6. The zero-order valence-electron chi connectivity index (χ0n) is 11.9. The molecule has 128 valence electrons. The van der Waals surface area contributed by atoms with Gasteiger partial charge in [-0.3, -0.25) is 0 Å². The van der Waals surface area contributed by atoms with Gasteiger partial charge in [0.05, 0.1) is 13.2 Å². The van der Waals surface area contributed by atoms with Crippen molar-refractivity contribution < 1.29 is 44.9 Å². The molecule has 1 heterocycles. The number of carboxylic acid groups (broad SMARTS) is 1. The zero-order valence-corrected chi connectivity index (χ0v) is 11.9. The van der Waals surface area contributed by atoms with Crippen LogP contribution in [0.25, 0.3) is 0 Å². The Kier molecular flexibility index (Phi) is 5.52. The van der Waals surface area contributed by atoms with E-state index in [1.54, 1.807) is 0 Å². The Morgan fingerprint density at radius 3 is 2.43 bits per heavy atom. The molecule has 9 nitrogen and oxygen atoms in total. The number of aromatic hydroxyl groups is 1. The molecule has 0 unspecified atom stereocenters. The third-order valence-electron chi connectivity index (χ3n) is 3.56. The highest BCUT2D eigenvalue weighted by Crippen LogP contribution is 2.24. The lowest BCUT2D eigenvalue weighted by molar-refractivity contribution is -0.304. The molecule has 0 amide bonds. The highest BCUT2D eigenvalue weighted by Gasteiger charge is 2.43. The molecule has 0 aromatic heterocycles. The molecule has 23 heavy (non-hydrogen) atoms. The summed E-state index contributed by atoms with van der Waals surface area (Å²) in [5.74, 6) is -1.71. The smallest absolute Gasteiger partial charge is 0.339 e. The van der Waals surface area contributed by atoms with Gasteiger partial charge in [-0.25, -0.2) is 4.79 Å². The topological polar surface area (TPSA) is 157 Å². The molecule has 1 saturated heterocycles. The maximum atomic E-state index is 10.8. The lowest BCUT2D eigenvalue weighted by Crippen LogP contribution is -2.59. The van der Waals surface area contributed by atoms with Crippen LogP contribution in [0.5, 0.6) is 5.75 Å². The maximum absolute atomic E-state index is 10.8. The van der Waals surface area contributed by atoms with E-state index in [0.717, 1.165) is 0 Å². The number of carboxylic acids is 1. The Bertz CT molecular complexity index is 559. The number of ether oxygens (including phenoxy) is 2. The summed E-state index contributed by atoms with van der Waals surface area (Å²) in [5.41, 5.74) is 0.144. The number of phenols is 1. The second-order valence-electron chi connectivity index (χ2n) is 5.16. The summed E-state index contributed by atoms with van der Waals surface area (Å²) in [5, 5.41) is 56.5. The minimum atomic E-state index is -1.55. The molecule has 0 spiro atoms. The second kappa shape index (κ2) is 7.21. The molecule has 0 bridgehead atoms. The normalized spacial score (nSPS) is 31.0. The molecule has 1 aromatic carbocycles. The summed E-state index contributed by atoms with van der Waals surface area (Å²) < 4.78 is 10.4. The fraction of sp³-hybridized carbons (Fsp3) is 0.500. The minimum Gasteiger partial charge on any atom is -0.507 e. The van der Waals surface area contributed by atoms with E-state index in [0.29, 0.717) is 5.56 Å². The summed E-state index contributed by atoms with van der Waals surface area (Å²) in [6.07, 6.45) is -6.94. The number of aromatic carboxylic acids is 1. The van der Waals surface area contributed by atoms with Gasteiger partial charge in [0.25, 0.3) is 0 Å². The van der Waals surface area contributed by atoms with Crippen molar-refractivity contribution >= 4 is 5.97 Å². The largest absolute Gasteiger partial charge is 0.507 e. The fourth-order valence-electron chi connectivity index (χ4n) is 2.23. The van der Waals surface area contributed by atoms with Crippen LogP contribution < -0.4 is 0 Å². The van der Waals surface area contributed by atoms with Crippen molar-refractivity contribution in [3.8, 4) is 5.75 Å². The first-order chi connectivity index (χ1) is 10.8. The SMILES string of the molecule is O=C(O)c1ccc(CO[C@@H]2O[C@H](CO)[C@@H](O)[C@H](O)[C@H]2O)cc1O. The van der Waals surface area contributed by atoms with Crippen LogP contribution in [0.15, 0.2) is 18.2 Å². The number of rotatable bonds is 5. The molecule has 1 aromatic rings. The Hall–Kier alpha value is -1.75. The predicted octanol–water partition coefficient (Wildman–Crippen LogP) is -1.59. The predicted molar refractivity (Wildman–Crippen MR) is 73.6 cm³/mol. The van der Waals surface area contributed by atoms with Gasteiger partial charge in [-0.1, -0.05) is 6.07 Å². The van der Waals surface area contributed by atoms with Crippen LogP contribution in [0.1, 0.15) is 15.9 Å². The van der Waals surface area contributed by atoms with Gasteiger partial charge in [0.15, 0.2) is 6.29 Å². The standard InChI is InChI=1S/C14H18O9/c15-4-9-10(17)11(18)12(19)14(23-9)22-5-6-1-2-7(13(20)21)8(16)3-6/h1-3,9-12,14-19H,4-5H2,(H,20,21)/t9-,10-,11+,12-,14-/m1/s1. The van der Waals surface area contributed by atoms with Gasteiger partial charge >= 0.3 is 5.97 Å². The molecule has 5 atom stereocenters. The van der Waals surface area contributed by atoms with Crippen molar-refractivity contribution in [3.63, 3.8) is 0 Å². The highest BCUT2D eigenvalue weighted by atomic mass is 16.7. The van der Waals surface area contributed by atoms with E-state index < -0.39 is 49.0 Å².